The van der Waals surface area contributed by atoms with Crippen LogP contribution in [0.2, 0.25) is 0 Å². The van der Waals surface area contributed by atoms with E-state index in [2.05, 4.69) is 68.9 Å². The average Bonchev–Trinajstić information content (AvgIpc) is 2.56. The monoisotopic (exact) mass is 392 g/mol. The van der Waals surface area contributed by atoms with E-state index in [1.807, 2.05) is 18.3 Å². The summed E-state index contributed by atoms with van der Waals surface area (Å²) < 4.78 is 6.60. The lowest BCUT2D eigenvalue weighted by atomic mass is 10.2. The van der Waals surface area contributed by atoms with Crippen LogP contribution in [0.4, 0.5) is 11.4 Å². The van der Waals surface area contributed by atoms with Gasteiger partial charge in [0.1, 0.15) is 0 Å². The summed E-state index contributed by atoms with van der Waals surface area (Å²) in [6, 6.07) is 16.7. The van der Waals surface area contributed by atoms with Crippen molar-refractivity contribution in [1.29, 1.82) is 0 Å². The van der Waals surface area contributed by atoms with Gasteiger partial charge >= 0.3 is 0 Å². The van der Waals surface area contributed by atoms with Crippen LogP contribution in [0.5, 0.6) is 0 Å². The molecule has 0 radical (unpaired) electrons. The second-order valence-corrected chi connectivity index (χ2v) is 6.17. The van der Waals surface area contributed by atoms with Crippen LogP contribution >= 0.6 is 22.6 Å². The van der Waals surface area contributed by atoms with E-state index in [4.69, 9.17) is 4.74 Å². The van der Waals surface area contributed by atoms with Crippen molar-refractivity contribution < 1.29 is 4.74 Å². The van der Waals surface area contributed by atoms with E-state index in [9.17, 15) is 0 Å². The highest BCUT2D eigenvalue weighted by molar-refractivity contribution is 14.1. The van der Waals surface area contributed by atoms with E-state index in [1.165, 1.54) is 9.26 Å². The topological polar surface area (TPSA) is 24.8 Å². The average molecular weight is 392 g/mol. The first-order chi connectivity index (χ1) is 10.3. The molecule has 1 saturated heterocycles. The van der Waals surface area contributed by atoms with Gasteiger partial charge in [0.25, 0.3) is 0 Å². The Kier molecular flexibility index (Phi) is 4.87. The van der Waals surface area contributed by atoms with Crippen molar-refractivity contribution in [3.05, 3.63) is 57.7 Å². The zero-order valence-corrected chi connectivity index (χ0v) is 13.9. The molecule has 0 aliphatic carbocycles. The molecule has 0 N–H and O–H groups in total. The van der Waals surface area contributed by atoms with Crippen molar-refractivity contribution in [3.8, 4) is 0 Å². The van der Waals surface area contributed by atoms with Crippen LogP contribution in [0, 0.1) is 3.57 Å². The number of nitrogens with zero attached hydrogens (tertiary/aromatic N) is 2. The lowest BCUT2D eigenvalue weighted by Gasteiger charge is -2.28. The van der Waals surface area contributed by atoms with Gasteiger partial charge in [-0.1, -0.05) is 12.1 Å². The third-order valence-corrected chi connectivity index (χ3v) is 4.18. The van der Waals surface area contributed by atoms with Gasteiger partial charge in [-0.05, 0) is 64.6 Å². The summed E-state index contributed by atoms with van der Waals surface area (Å²) in [5.41, 5.74) is 3.35. The molecule has 2 aromatic carbocycles. The smallest absolute Gasteiger partial charge is 0.0642 e. The van der Waals surface area contributed by atoms with E-state index in [0.29, 0.717) is 0 Å². The number of ether oxygens (including phenoxy) is 1. The Morgan fingerprint density at radius 3 is 2.29 bits per heavy atom. The van der Waals surface area contributed by atoms with E-state index in [-0.39, 0.29) is 0 Å². The molecule has 2 aromatic rings. The summed E-state index contributed by atoms with van der Waals surface area (Å²) in [5, 5.41) is 0. The van der Waals surface area contributed by atoms with Crippen LogP contribution in [-0.2, 0) is 4.74 Å². The van der Waals surface area contributed by atoms with Crippen molar-refractivity contribution in [2.45, 2.75) is 0 Å². The van der Waals surface area contributed by atoms with Gasteiger partial charge in [0.15, 0.2) is 0 Å². The summed E-state index contributed by atoms with van der Waals surface area (Å²) in [6.45, 7) is 3.57. The van der Waals surface area contributed by atoms with E-state index in [0.717, 1.165) is 37.6 Å². The van der Waals surface area contributed by atoms with E-state index >= 15 is 0 Å². The molecule has 4 heteroatoms. The molecule has 1 fully saturated rings. The summed E-state index contributed by atoms with van der Waals surface area (Å²) in [6.07, 6.45) is 1.91. The highest BCUT2D eigenvalue weighted by Crippen LogP contribution is 2.17. The normalized spacial score (nSPS) is 15.6. The van der Waals surface area contributed by atoms with Gasteiger partial charge in [-0.25, -0.2) is 0 Å². The number of hydrogen-bond donors (Lipinski definition) is 0. The summed E-state index contributed by atoms with van der Waals surface area (Å²) in [5.74, 6) is 0. The largest absolute Gasteiger partial charge is 0.378 e. The molecule has 1 heterocycles. The molecule has 108 valence electrons. The maximum absolute atomic E-state index is 5.38. The zero-order valence-electron chi connectivity index (χ0n) is 11.7. The molecule has 21 heavy (non-hydrogen) atoms. The zero-order chi connectivity index (χ0) is 14.5. The maximum Gasteiger partial charge on any atom is 0.0642 e. The lowest BCUT2D eigenvalue weighted by Crippen LogP contribution is -2.36. The molecule has 3 nitrogen and oxygen atoms in total. The molecule has 0 spiro atoms. The van der Waals surface area contributed by atoms with Gasteiger partial charge in [-0.2, -0.15) is 0 Å². The van der Waals surface area contributed by atoms with Gasteiger partial charge in [-0.3, -0.25) is 4.99 Å². The third-order valence-electron chi connectivity index (χ3n) is 3.46. The molecule has 0 unspecified atom stereocenters. The predicted molar refractivity (Wildman–Crippen MR) is 95.9 cm³/mol. The molecule has 0 aromatic heterocycles. The third kappa shape index (κ3) is 4.04. The van der Waals surface area contributed by atoms with Crippen LogP contribution in [0.15, 0.2) is 53.5 Å². The molecular weight excluding hydrogens is 375 g/mol. The Balaban J connectivity index is 1.67. The molecule has 0 bridgehead atoms. The van der Waals surface area contributed by atoms with Gasteiger partial charge in [0, 0.05) is 28.6 Å². The van der Waals surface area contributed by atoms with Gasteiger partial charge < -0.3 is 9.64 Å². The van der Waals surface area contributed by atoms with Crippen LogP contribution in [0.25, 0.3) is 0 Å². The van der Waals surface area contributed by atoms with Crippen LogP contribution in [-0.4, -0.2) is 32.5 Å². The first-order valence-corrected chi connectivity index (χ1v) is 8.11. The number of aliphatic imine (C=N–C) groups is 1. The fourth-order valence-corrected chi connectivity index (χ4v) is 2.63. The SMILES string of the molecule is Ic1ccc(N=Cc2ccc(N3CCOCC3)cc2)cc1. The molecule has 0 amide bonds. The van der Waals surface area contributed by atoms with E-state index < -0.39 is 0 Å². The lowest BCUT2D eigenvalue weighted by molar-refractivity contribution is 0.122. The van der Waals surface area contributed by atoms with Crippen molar-refractivity contribution in [2.75, 3.05) is 31.2 Å². The number of hydrogen-bond acceptors (Lipinski definition) is 3. The first-order valence-electron chi connectivity index (χ1n) is 7.04. The molecule has 3 rings (SSSR count). The second-order valence-electron chi connectivity index (χ2n) is 4.93. The number of morpholine rings is 1. The van der Waals surface area contributed by atoms with Crippen LogP contribution in [0.3, 0.4) is 0 Å². The minimum absolute atomic E-state index is 0.815. The first kappa shape index (κ1) is 14.5. The van der Waals surface area contributed by atoms with Crippen LogP contribution < -0.4 is 4.90 Å². The van der Waals surface area contributed by atoms with Gasteiger partial charge in [-0.15, -0.1) is 0 Å². The molecule has 0 saturated carbocycles. The Morgan fingerprint density at radius 1 is 0.952 bits per heavy atom. The number of rotatable bonds is 3. The fourth-order valence-electron chi connectivity index (χ4n) is 2.27. The number of halogens is 1. The van der Waals surface area contributed by atoms with Crippen molar-refractivity contribution >= 4 is 40.2 Å². The molecular formula is C17H17IN2O. The second kappa shape index (κ2) is 7.04. The van der Waals surface area contributed by atoms with Crippen molar-refractivity contribution in [1.82, 2.24) is 0 Å². The van der Waals surface area contributed by atoms with Gasteiger partial charge in [0.05, 0.1) is 18.9 Å². The summed E-state index contributed by atoms with van der Waals surface area (Å²) in [4.78, 5) is 6.85. The summed E-state index contributed by atoms with van der Waals surface area (Å²) in [7, 11) is 0. The van der Waals surface area contributed by atoms with Gasteiger partial charge in [0.2, 0.25) is 0 Å². The van der Waals surface area contributed by atoms with Crippen molar-refractivity contribution in [3.63, 3.8) is 0 Å². The predicted octanol–water partition coefficient (Wildman–Crippen LogP) is 3.88. The highest BCUT2D eigenvalue weighted by atomic mass is 127. The van der Waals surface area contributed by atoms with Crippen molar-refractivity contribution in [2.24, 2.45) is 4.99 Å². The fraction of sp³-hybridized carbons (Fsp3) is 0.235. The number of benzene rings is 2. The minimum atomic E-state index is 0.815. The van der Waals surface area contributed by atoms with Crippen LogP contribution in [0.1, 0.15) is 5.56 Å². The quantitative estimate of drug-likeness (QED) is 0.585. The standard InChI is InChI=1S/C17H17IN2O/c18-15-3-5-16(6-4-15)19-13-14-1-7-17(8-2-14)20-9-11-21-12-10-20/h1-8,13H,9-12H2. The highest BCUT2D eigenvalue weighted by Gasteiger charge is 2.10. The Labute approximate surface area is 138 Å². The minimum Gasteiger partial charge on any atom is -0.378 e. The Bertz CT molecular complexity index is 602. The molecule has 1 aliphatic heterocycles. The molecule has 1 aliphatic rings. The molecule has 0 atom stereocenters. The summed E-state index contributed by atoms with van der Waals surface area (Å²) >= 11 is 2.30. The Morgan fingerprint density at radius 2 is 1.62 bits per heavy atom. The van der Waals surface area contributed by atoms with E-state index in [1.54, 1.807) is 0 Å². The number of anilines is 1. The Hall–Kier alpha value is -1.40. The maximum atomic E-state index is 5.38.